The number of aromatic nitrogens is 2. The van der Waals surface area contributed by atoms with Crippen molar-refractivity contribution in [2.45, 2.75) is 51.7 Å². The van der Waals surface area contributed by atoms with Crippen LogP contribution in [-0.2, 0) is 6.54 Å². The lowest BCUT2D eigenvalue weighted by molar-refractivity contribution is 0.0837. The van der Waals surface area contributed by atoms with E-state index in [0.29, 0.717) is 0 Å². The van der Waals surface area contributed by atoms with Crippen LogP contribution in [0.25, 0.3) is 0 Å². The molecule has 0 bridgehead atoms. The van der Waals surface area contributed by atoms with Crippen molar-refractivity contribution < 1.29 is 0 Å². The number of hydrazine groups is 1. The molecule has 0 fully saturated rings. The third-order valence-corrected chi connectivity index (χ3v) is 4.84. The van der Waals surface area contributed by atoms with Gasteiger partial charge < -0.3 is 4.90 Å². The van der Waals surface area contributed by atoms with Crippen LogP contribution in [0.4, 0.5) is 0 Å². The van der Waals surface area contributed by atoms with Crippen LogP contribution in [0.1, 0.15) is 45.3 Å². The molecule has 3 N–H and O–H groups in total. The fraction of sp³-hybridized carbons (Fsp3) is 0.769. The van der Waals surface area contributed by atoms with Crippen LogP contribution in [0, 0.1) is 0 Å². The van der Waals surface area contributed by atoms with Gasteiger partial charge in [0.2, 0.25) is 0 Å². The lowest BCUT2D eigenvalue weighted by Crippen LogP contribution is -2.55. The highest BCUT2D eigenvalue weighted by Gasteiger charge is 2.40. The number of aryl methyl sites for hydroxylation is 1. The fourth-order valence-corrected chi connectivity index (χ4v) is 3.47. The summed E-state index contributed by atoms with van der Waals surface area (Å²) in [7, 11) is 4.22. The zero-order valence-corrected chi connectivity index (χ0v) is 14.2. The van der Waals surface area contributed by atoms with Crippen molar-refractivity contribution in [2.75, 3.05) is 14.1 Å². The smallest absolute Gasteiger partial charge is 0.0823 e. The minimum absolute atomic E-state index is 0.0225. The highest BCUT2D eigenvalue weighted by molar-refractivity contribution is 9.10. The molecule has 19 heavy (non-hydrogen) atoms. The Bertz CT molecular complexity index is 398. The summed E-state index contributed by atoms with van der Waals surface area (Å²) < 4.78 is 3.00. The molecular formula is C13H26BrN5. The number of halogens is 1. The predicted octanol–water partition coefficient (Wildman–Crippen LogP) is 2.29. The monoisotopic (exact) mass is 331 g/mol. The van der Waals surface area contributed by atoms with E-state index in [1.54, 1.807) is 0 Å². The van der Waals surface area contributed by atoms with Crippen LogP contribution >= 0.6 is 15.9 Å². The molecule has 0 saturated carbocycles. The van der Waals surface area contributed by atoms with Gasteiger partial charge in [-0.1, -0.05) is 13.8 Å². The summed E-state index contributed by atoms with van der Waals surface area (Å²) in [6.07, 6.45) is 3.86. The summed E-state index contributed by atoms with van der Waals surface area (Å²) in [6.45, 7) is 7.32. The first-order valence-electron chi connectivity index (χ1n) is 6.83. The molecule has 0 radical (unpaired) electrons. The molecule has 0 aliphatic heterocycles. The SMILES string of the molecule is CCn1ncc(Br)c1C(NN)C(CC)(CC)N(C)C. The molecule has 0 aliphatic rings. The predicted molar refractivity (Wildman–Crippen MR) is 82.7 cm³/mol. The lowest BCUT2D eigenvalue weighted by atomic mass is 9.81. The summed E-state index contributed by atoms with van der Waals surface area (Å²) in [5, 5.41) is 4.40. The first kappa shape index (κ1) is 16.6. The molecule has 110 valence electrons. The van der Waals surface area contributed by atoms with Crippen molar-refractivity contribution in [3.8, 4) is 0 Å². The lowest BCUT2D eigenvalue weighted by Gasteiger charge is -2.45. The van der Waals surface area contributed by atoms with Crippen molar-refractivity contribution in [2.24, 2.45) is 5.84 Å². The first-order chi connectivity index (χ1) is 8.98. The highest BCUT2D eigenvalue weighted by atomic mass is 79.9. The Hall–Kier alpha value is -0.430. The first-order valence-corrected chi connectivity index (χ1v) is 7.62. The number of rotatable bonds is 7. The van der Waals surface area contributed by atoms with E-state index in [2.05, 4.69) is 66.2 Å². The van der Waals surface area contributed by atoms with Crippen LogP contribution in [-0.4, -0.2) is 34.3 Å². The van der Waals surface area contributed by atoms with E-state index in [-0.39, 0.29) is 11.6 Å². The number of hydrogen-bond donors (Lipinski definition) is 2. The van der Waals surface area contributed by atoms with Gasteiger partial charge in [0.1, 0.15) is 0 Å². The topological polar surface area (TPSA) is 59.1 Å². The standard InChI is InChI=1S/C13H26BrN5/c1-6-13(7-2,18(4)5)12(17-15)11-10(14)9-16-19(11)8-3/h9,12,17H,6-8,15H2,1-5H3. The maximum absolute atomic E-state index is 5.89. The summed E-state index contributed by atoms with van der Waals surface area (Å²) in [6, 6.07) is 0.0225. The van der Waals surface area contributed by atoms with Crippen LogP contribution in [0.5, 0.6) is 0 Å². The second-order valence-corrected chi connectivity index (χ2v) is 5.85. The normalized spacial score (nSPS) is 14.1. The third-order valence-electron chi connectivity index (χ3n) is 4.23. The molecule has 0 spiro atoms. The van der Waals surface area contributed by atoms with Gasteiger partial charge in [-0.3, -0.25) is 10.5 Å². The van der Waals surface area contributed by atoms with E-state index in [1.807, 2.05) is 10.9 Å². The maximum Gasteiger partial charge on any atom is 0.0823 e. The second kappa shape index (κ2) is 6.83. The molecule has 1 aromatic heterocycles. The van der Waals surface area contributed by atoms with Gasteiger partial charge in [-0.2, -0.15) is 5.10 Å². The van der Waals surface area contributed by atoms with Crippen molar-refractivity contribution in [3.05, 3.63) is 16.4 Å². The van der Waals surface area contributed by atoms with Crippen LogP contribution < -0.4 is 11.3 Å². The van der Waals surface area contributed by atoms with Crippen LogP contribution in [0.3, 0.4) is 0 Å². The van der Waals surface area contributed by atoms with Gasteiger partial charge in [0, 0.05) is 12.1 Å². The Morgan fingerprint density at radius 2 is 2.00 bits per heavy atom. The van der Waals surface area contributed by atoms with Crippen LogP contribution in [0.15, 0.2) is 10.7 Å². The minimum atomic E-state index is -0.0375. The zero-order valence-electron chi connectivity index (χ0n) is 12.6. The summed E-state index contributed by atoms with van der Waals surface area (Å²) in [4.78, 5) is 2.26. The summed E-state index contributed by atoms with van der Waals surface area (Å²) in [5.41, 5.74) is 4.09. The van der Waals surface area contributed by atoms with Gasteiger partial charge in [0.05, 0.1) is 22.4 Å². The average molecular weight is 332 g/mol. The number of hydrogen-bond acceptors (Lipinski definition) is 4. The van der Waals surface area contributed by atoms with Gasteiger partial charge >= 0.3 is 0 Å². The molecule has 1 atom stereocenters. The van der Waals surface area contributed by atoms with Crippen molar-refractivity contribution in [1.29, 1.82) is 0 Å². The molecular weight excluding hydrogens is 306 g/mol. The fourth-order valence-electron chi connectivity index (χ4n) is 2.95. The van der Waals surface area contributed by atoms with Crippen molar-refractivity contribution >= 4 is 15.9 Å². The molecule has 1 heterocycles. The van der Waals surface area contributed by atoms with E-state index in [9.17, 15) is 0 Å². The maximum atomic E-state index is 5.89. The minimum Gasteiger partial charge on any atom is -0.302 e. The molecule has 6 heteroatoms. The molecule has 1 rings (SSSR count). The number of nitrogens with one attached hydrogen (secondary N) is 1. The quantitative estimate of drug-likeness (QED) is 0.594. The van der Waals surface area contributed by atoms with Gasteiger partial charge in [-0.25, -0.2) is 5.43 Å². The van der Waals surface area contributed by atoms with E-state index in [4.69, 9.17) is 5.84 Å². The zero-order chi connectivity index (χ0) is 14.6. The van der Waals surface area contributed by atoms with E-state index < -0.39 is 0 Å². The van der Waals surface area contributed by atoms with Gasteiger partial charge in [0.25, 0.3) is 0 Å². The van der Waals surface area contributed by atoms with Crippen LogP contribution in [0.2, 0.25) is 0 Å². The highest BCUT2D eigenvalue weighted by Crippen LogP contribution is 2.38. The molecule has 0 aromatic carbocycles. The molecule has 1 unspecified atom stereocenters. The van der Waals surface area contributed by atoms with Gasteiger partial charge in [-0.15, -0.1) is 0 Å². The molecule has 0 aliphatic carbocycles. The van der Waals surface area contributed by atoms with E-state index >= 15 is 0 Å². The Morgan fingerprint density at radius 3 is 2.37 bits per heavy atom. The molecule has 1 aromatic rings. The van der Waals surface area contributed by atoms with Gasteiger partial charge in [-0.05, 0) is 49.8 Å². The Morgan fingerprint density at radius 1 is 1.42 bits per heavy atom. The second-order valence-electron chi connectivity index (χ2n) is 5.00. The molecule has 0 amide bonds. The summed E-state index contributed by atoms with van der Waals surface area (Å²) in [5.74, 6) is 5.89. The Balaban J connectivity index is 3.35. The third kappa shape index (κ3) is 2.86. The van der Waals surface area contributed by atoms with Crippen molar-refractivity contribution in [1.82, 2.24) is 20.1 Å². The number of nitrogens with zero attached hydrogens (tertiary/aromatic N) is 3. The Labute approximate surface area is 124 Å². The number of nitrogens with two attached hydrogens (primary N) is 1. The van der Waals surface area contributed by atoms with Crippen molar-refractivity contribution in [3.63, 3.8) is 0 Å². The Kier molecular flexibility index (Phi) is 5.98. The molecule has 5 nitrogen and oxygen atoms in total. The van der Waals surface area contributed by atoms with Gasteiger partial charge in [0.15, 0.2) is 0 Å². The van der Waals surface area contributed by atoms with E-state index in [1.165, 1.54) is 0 Å². The largest absolute Gasteiger partial charge is 0.302 e. The average Bonchev–Trinajstić information content (AvgIpc) is 2.76. The number of likely N-dealkylation sites (N-methyl/N-ethyl adjacent to an activating group) is 1. The summed E-state index contributed by atoms with van der Waals surface area (Å²) >= 11 is 3.60. The molecule has 0 saturated heterocycles. The van der Waals surface area contributed by atoms with E-state index in [0.717, 1.165) is 29.6 Å².